The highest BCUT2D eigenvalue weighted by atomic mass is 35.5. The molecule has 1 aromatic carbocycles. The van der Waals surface area contributed by atoms with Gasteiger partial charge in [-0.2, -0.15) is 0 Å². The van der Waals surface area contributed by atoms with Crippen LogP contribution >= 0.6 is 11.6 Å². The average molecular weight is 406 g/mol. The molecule has 0 unspecified atom stereocenters. The van der Waals surface area contributed by atoms with E-state index < -0.39 is 23.5 Å². The summed E-state index contributed by atoms with van der Waals surface area (Å²) in [7, 11) is 0. The van der Waals surface area contributed by atoms with E-state index in [-0.39, 0.29) is 23.3 Å². The maximum atomic E-state index is 12.5. The Morgan fingerprint density at radius 3 is 2.57 bits per heavy atom. The van der Waals surface area contributed by atoms with Crippen LogP contribution in [0.4, 0.5) is 0 Å². The second kappa shape index (κ2) is 8.28. The molecule has 0 saturated heterocycles. The summed E-state index contributed by atoms with van der Waals surface area (Å²) in [6.07, 6.45) is 0.400. The third kappa shape index (κ3) is 4.69. The molecule has 2 aromatic rings. The molecule has 0 aliphatic heterocycles. The number of rotatable bonds is 8. The summed E-state index contributed by atoms with van der Waals surface area (Å²) < 4.78 is 1.46. The SMILES string of the molecule is CC(C)[C@@H](O)C(=O)NC1(CNC(=O)c2nnn(Cc3ccccc3)c2Cl)CC1. The molecular weight excluding hydrogens is 382 g/mol. The first-order chi connectivity index (χ1) is 13.3. The molecule has 2 amide bonds. The number of aromatic nitrogens is 3. The smallest absolute Gasteiger partial charge is 0.275 e. The van der Waals surface area contributed by atoms with Crippen molar-refractivity contribution in [3.8, 4) is 0 Å². The largest absolute Gasteiger partial charge is 0.383 e. The summed E-state index contributed by atoms with van der Waals surface area (Å²) in [5.41, 5.74) is 0.515. The maximum absolute atomic E-state index is 12.5. The first-order valence-electron chi connectivity index (χ1n) is 9.22. The van der Waals surface area contributed by atoms with Gasteiger partial charge in [-0.15, -0.1) is 5.10 Å². The molecule has 3 N–H and O–H groups in total. The van der Waals surface area contributed by atoms with Crippen molar-refractivity contribution >= 4 is 23.4 Å². The Morgan fingerprint density at radius 1 is 1.29 bits per heavy atom. The van der Waals surface area contributed by atoms with Crippen LogP contribution in [0.1, 0.15) is 42.7 Å². The van der Waals surface area contributed by atoms with Crippen LogP contribution in [-0.2, 0) is 11.3 Å². The van der Waals surface area contributed by atoms with Crippen LogP contribution in [0.3, 0.4) is 0 Å². The summed E-state index contributed by atoms with van der Waals surface area (Å²) in [5, 5.41) is 23.5. The van der Waals surface area contributed by atoms with E-state index >= 15 is 0 Å². The lowest BCUT2D eigenvalue weighted by Gasteiger charge is -2.21. The van der Waals surface area contributed by atoms with E-state index in [4.69, 9.17) is 11.6 Å². The molecule has 1 fully saturated rings. The van der Waals surface area contributed by atoms with Crippen LogP contribution in [0.15, 0.2) is 30.3 Å². The number of benzene rings is 1. The number of nitrogens with one attached hydrogen (secondary N) is 2. The predicted molar refractivity (Wildman–Crippen MR) is 104 cm³/mol. The molecule has 0 radical (unpaired) electrons. The number of carbonyl (C=O) groups is 2. The van der Waals surface area contributed by atoms with Gasteiger partial charge >= 0.3 is 0 Å². The molecule has 0 spiro atoms. The molecule has 1 atom stereocenters. The molecule has 1 aliphatic rings. The van der Waals surface area contributed by atoms with E-state index in [1.807, 2.05) is 30.3 Å². The van der Waals surface area contributed by atoms with Crippen molar-refractivity contribution in [3.05, 3.63) is 46.7 Å². The predicted octanol–water partition coefficient (Wildman–Crippen LogP) is 1.38. The highest BCUT2D eigenvalue weighted by Crippen LogP contribution is 2.35. The zero-order valence-corrected chi connectivity index (χ0v) is 16.6. The van der Waals surface area contributed by atoms with Crippen LogP contribution in [0, 0.1) is 5.92 Å². The van der Waals surface area contributed by atoms with E-state index in [1.54, 1.807) is 13.8 Å². The molecule has 9 heteroatoms. The third-order valence-electron chi connectivity index (χ3n) is 4.79. The summed E-state index contributed by atoms with van der Waals surface area (Å²) in [6.45, 7) is 4.19. The van der Waals surface area contributed by atoms with E-state index in [2.05, 4.69) is 20.9 Å². The Hall–Kier alpha value is -2.45. The molecule has 8 nitrogen and oxygen atoms in total. The summed E-state index contributed by atoms with van der Waals surface area (Å²) in [4.78, 5) is 24.5. The van der Waals surface area contributed by atoms with Crippen molar-refractivity contribution in [2.75, 3.05) is 6.54 Å². The van der Waals surface area contributed by atoms with Gasteiger partial charge in [0, 0.05) is 6.54 Å². The zero-order valence-electron chi connectivity index (χ0n) is 15.9. The van der Waals surface area contributed by atoms with Gasteiger partial charge < -0.3 is 15.7 Å². The Morgan fingerprint density at radius 2 is 1.96 bits per heavy atom. The lowest BCUT2D eigenvalue weighted by molar-refractivity contribution is -0.132. The Balaban J connectivity index is 1.58. The lowest BCUT2D eigenvalue weighted by atomic mass is 10.1. The van der Waals surface area contributed by atoms with Crippen molar-refractivity contribution in [2.24, 2.45) is 5.92 Å². The molecule has 3 rings (SSSR count). The van der Waals surface area contributed by atoms with Gasteiger partial charge in [0.2, 0.25) is 5.91 Å². The monoisotopic (exact) mass is 405 g/mol. The fourth-order valence-electron chi connectivity index (χ4n) is 2.77. The number of aliphatic hydroxyl groups is 1. The quantitative estimate of drug-likeness (QED) is 0.614. The number of hydrogen-bond acceptors (Lipinski definition) is 5. The van der Waals surface area contributed by atoms with Gasteiger partial charge in [-0.3, -0.25) is 9.59 Å². The molecule has 1 saturated carbocycles. The van der Waals surface area contributed by atoms with E-state index in [0.717, 1.165) is 18.4 Å². The number of carbonyl (C=O) groups excluding carboxylic acids is 2. The van der Waals surface area contributed by atoms with Gasteiger partial charge in [0.25, 0.3) is 5.91 Å². The van der Waals surface area contributed by atoms with Crippen LogP contribution in [0.25, 0.3) is 0 Å². The molecule has 1 aliphatic carbocycles. The van der Waals surface area contributed by atoms with Crippen molar-refractivity contribution in [3.63, 3.8) is 0 Å². The second-order valence-corrected chi connectivity index (χ2v) is 7.87. The topological polar surface area (TPSA) is 109 Å². The Bertz CT molecular complexity index is 849. The van der Waals surface area contributed by atoms with Crippen LogP contribution in [0.2, 0.25) is 5.15 Å². The number of halogens is 1. The third-order valence-corrected chi connectivity index (χ3v) is 5.17. The van der Waals surface area contributed by atoms with Crippen molar-refractivity contribution in [1.29, 1.82) is 0 Å². The normalized spacial score (nSPS) is 15.9. The second-order valence-electron chi connectivity index (χ2n) is 7.51. The average Bonchev–Trinajstić information content (AvgIpc) is 3.35. The van der Waals surface area contributed by atoms with Crippen molar-refractivity contribution < 1.29 is 14.7 Å². The van der Waals surface area contributed by atoms with Gasteiger partial charge in [-0.25, -0.2) is 4.68 Å². The van der Waals surface area contributed by atoms with Gasteiger partial charge in [0.05, 0.1) is 12.1 Å². The van der Waals surface area contributed by atoms with Crippen LogP contribution in [-0.4, -0.2) is 50.1 Å². The van der Waals surface area contributed by atoms with Gasteiger partial charge in [-0.05, 0) is 24.3 Å². The molecule has 1 aromatic heterocycles. The lowest BCUT2D eigenvalue weighted by Crippen LogP contribution is -2.50. The number of hydrogen-bond donors (Lipinski definition) is 3. The first-order valence-corrected chi connectivity index (χ1v) is 9.60. The van der Waals surface area contributed by atoms with Crippen LogP contribution < -0.4 is 10.6 Å². The number of nitrogens with zero attached hydrogens (tertiary/aromatic N) is 3. The molecule has 28 heavy (non-hydrogen) atoms. The minimum Gasteiger partial charge on any atom is -0.383 e. The van der Waals surface area contributed by atoms with E-state index in [0.29, 0.717) is 6.54 Å². The molecule has 150 valence electrons. The number of aliphatic hydroxyl groups excluding tert-OH is 1. The van der Waals surface area contributed by atoms with Gasteiger partial charge in [-0.1, -0.05) is 61.0 Å². The van der Waals surface area contributed by atoms with Gasteiger partial charge in [0.1, 0.15) is 6.10 Å². The highest BCUT2D eigenvalue weighted by Gasteiger charge is 2.45. The van der Waals surface area contributed by atoms with E-state index in [9.17, 15) is 14.7 Å². The highest BCUT2D eigenvalue weighted by molar-refractivity contribution is 6.32. The minimum absolute atomic E-state index is 0.0435. The molecular formula is C19H24ClN5O3. The summed E-state index contributed by atoms with van der Waals surface area (Å²) in [6, 6.07) is 9.60. The van der Waals surface area contributed by atoms with Crippen molar-refractivity contribution in [2.45, 2.75) is 44.9 Å². The fraction of sp³-hybridized carbons (Fsp3) is 0.474. The molecule has 1 heterocycles. The molecule has 0 bridgehead atoms. The van der Waals surface area contributed by atoms with Crippen molar-refractivity contribution in [1.82, 2.24) is 25.6 Å². The fourth-order valence-corrected chi connectivity index (χ4v) is 2.98. The Labute approximate surface area is 168 Å². The minimum atomic E-state index is -1.07. The van der Waals surface area contributed by atoms with Gasteiger partial charge in [0.15, 0.2) is 10.8 Å². The Kier molecular flexibility index (Phi) is 6.00. The standard InChI is InChI=1S/C19H24ClN5O3/c1-12(2)15(26)18(28)22-19(8-9-19)11-21-17(27)14-16(20)25(24-23-14)10-13-6-4-3-5-7-13/h3-7,12,15,26H,8-11H2,1-2H3,(H,21,27)(H,22,28)/t15-/m1/s1. The number of amides is 2. The zero-order chi connectivity index (χ0) is 20.3. The summed E-state index contributed by atoms with van der Waals surface area (Å²) in [5.74, 6) is -1.05. The maximum Gasteiger partial charge on any atom is 0.275 e. The van der Waals surface area contributed by atoms with Crippen LogP contribution in [0.5, 0.6) is 0 Å². The summed E-state index contributed by atoms with van der Waals surface area (Å²) >= 11 is 6.27. The first kappa shape index (κ1) is 20.3. The van der Waals surface area contributed by atoms with E-state index in [1.165, 1.54) is 4.68 Å².